The van der Waals surface area contributed by atoms with Crippen LogP contribution in [0.1, 0.15) is 6.92 Å². The highest BCUT2D eigenvalue weighted by atomic mass is 79.9. The lowest BCUT2D eigenvalue weighted by molar-refractivity contribution is 0.0496. The molecule has 0 bridgehead atoms. The summed E-state index contributed by atoms with van der Waals surface area (Å²) in [6, 6.07) is 3.59. The van der Waals surface area contributed by atoms with E-state index in [0.717, 1.165) is 14.6 Å². The molecule has 2 N–H and O–H groups in total. The molecule has 1 aromatic rings. The zero-order valence-electron chi connectivity index (χ0n) is 9.34. The van der Waals surface area contributed by atoms with Gasteiger partial charge in [0, 0.05) is 27.1 Å². The molecule has 1 rings (SSSR count). The zero-order valence-corrected chi connectivity index (χ0v) is 13.3. The molecule has 1 aromatic carbocycles. The number of aliphatic hydroxyl groups is 1. The van der Waals surface area contributed by atoms with Crippen LogP contribution in [-0.4, -0.2) is 31.0 Å². The standard InChI is InChI=1S/C11H14Br2ClNO2/c1-2-17-6-8(16)5-15-11-9(12)3-7(14)4-10(11)13/h3-4,8,15-16H,2,5-6H2,1H3. The van der Waals surface area contributed by atoms with Crippen molar-refractivity contribution >= 4 is 49.1 Å². The second-order valence-electron chi connectivity index (χ2n) is 3.44. The Kier molecular flexibility index (Phi) is 6.80. The minimum Gasteiger partial charge on any atom is -0.389 e. The Morgan fingerprint density at radius 3 is 2.53 bits per heavy atom. The quantitative estimate of drug-likeness (QED) is 0.783. The Bertz CT molecular complexity index is 353. The summed E-state index contributed by atoms with van der Waals surface area (Å²) >= 11 is 12.7. The molecule has 0 aliphatic rings. The first kappa shape index (κ1) is 15.2. The lowest BCUT2D eigenvalue weighted by atomic mass is 10.3. The summed E-state index contributed by atoms with van der Waals surface area (Å²) in [5.41, 5.74) is 0.866. The van der Waals surface area contributed by atoms with E-state index in [0.29, 0.717) is 24.8 Å². The summed E-state index contributed by atoms with van der Waals surface area (Å²) in [7, 11) is 0. The third kappa shape index (κ3) is 5.14. The molecule has 1 atom stereocenters. The summed E-state index contributed by atoms with van der Waals surface area (Å²) in [4.78, 5) is 0. The van der Waals surface area contributed by atoms with Gasteiger partial charge in [-0.15, -0.1) is 0 Å². The molecule has 0 fully saturated rings. The molecular weight excluding hydrogens is 373 g/mol. The normalized spacial score (nSPS) is 12.5. The van der Waals surface area contributed by atoms with Crippen molar-refractivity contribution in [1.29, 1.82) is 0 Å². The third-order valence-electron chi connectivity index (χ3n) is 2.04. The highest BCUT2D eigenvalue weighted by Crippen LogP contribution is 2.34. The van der Waals surface area contributed by atoms with Crippen LogP contribution in [0.25, 0.3) is 0 Å². The van der Waals surface area contributed by atoms with E-state index in [2.05, 4.69) is 37.2 Å². The largest absolute Gasteiger partial charge is 0.389 e. The summed E-state index contributed by atoms with van der Waals surface area (Å²) in [5, 5.41) is 13.4. The summed E-state index contributed by atoms with van der Waals surface area (Å²) < 4.78 is 6.82. The number of nitrogens with one attached hydrogen (secondary N) is 1. The van der Waals surface area contributed by atoms with Gasteiger partial charge >= 0.3 is 0 Å². The smallest absolute Gasteiger partial charge is 0.0945 e. The number of ether oxygens (including phenoxy) is 1. The average Bonchev–Trinajstić information content (AvgIpc) is 2.24. The number of rotatable bonds is 6. The molecule has 3 nitrogen and oxygen atoms in total. The van der Waals surface area contributed by atoms with E-state index in [1.165, 1.54) is 0 Å². The minimum atomic E-state index is -0.538. The monoisotopic (exact) mass is 385 g/mol. The molecule has 17 heavy (non-hydrogen) atoms. The van der Waals surface area contributed by atoms with E-state index in [-0.39, 0.29) is 0 Å². The van der Waals surface area contributed by atoms with Gasteiger partial charge in [0.05, 0.1) is 18.4 Å². The second-order valence-corrected chi connectivity index (χ2v) is 5.58. The van der Waals surface area contributed by atoms with Gasteiger partial charge in [0.15, 0.2) is 0 Å². The number of benzene rings is 1. The fraction of sp³-hybridized carbons (Fsp3) is 0.455. The third-order valence-corrected chi connectivity index (χ3v) is 3.50. The predicted octanol–water partition coefficient (Wildman–Crippen LogP) is 3.67. The average molecular weight is 387 g/mol. The molecule has 0 aliphatic heterocycles. The Labute approximate surface area is 123 Å². The van der Waals surface area contributed by atoms with Gasteiger partial charge in [-0.3, -0.25) is 0 Å². The van der Waals surface area contributed by atoms with E-state index in [4.69, 9.17) is 16.3 Å². The van der Waals surface area contributed by atoms with Gasteiger partial charge in [-0.2, -0.15) is 0 Å². The van der Waals surface area contributed by atoms with Crippen molar-refractivity contribution in [2.45, 2.75) is 13.0 Å². The first-order chi connectivity index (χ1) is 8.04. The van der Waals surface area contributed by atoms with Crippen molar-refractivity contribution in [3.63, 3.8) is 0 Å². The van der Waals surface area contributed by atoms with E-state index < -0.39 is 6.10 Å². The molecule has 0 aliphatic carbocycles. The molecule has 0 spiro atoms. The summed E-state index contributed by atoms with van der Waals surface area (Å²) in [6.45, 7) is 3.24. The van der Waals surface area contributed by atoms with Crippen LogP contribution in [-0.2, 0) is 4.74 Å². The van der Waals surface area contributed by atoms with Crippen molar-refractivity contribution in [3.8, 4) is 0 Å². The fourth-order valence-corrected chi connectivity index (χ4v) is 3.19. The van der Waals surface area contributed by atoms with E-state index in [1.54, 1.807) is 12.1 Å². The molecular formula is C11H14Br2ClNO2. The highest BCUT2D eigenvalue weighted by Gasteiger charge is 2.09. The van der Waals surface area contributed by atoms with E-state index >= 15 is 0 Å². The Hall–Kier alpha value is 0.190. The van der Waals surface area contributed by atoms with Crippen LogP contribution in [0.2, 0.25) is 5.02 Å². The number of hydrogen-bond donors (Lipinski definition) is 2. The molecule has 1 unspecified atom stereocenters. The fourth-order valence-electron chi connectivity index (χ4n) is 1.24. The molecule has 0 saturated heterocycles. The number of aliphatic hydroxyl groups excluding tert-OH is 1. The van der Waals surface area contributed by atoms with Crippen LogP contribution in [0.4, 0.5) is 5.69 Å². The highest BCUT2D eigenvalue weighted by molar-refractivity contribution is 9.11. The number of halogens is 3. The van der Waals surface area contributed by atoms with Crippen LogP contribution in [0.5, 0.6) is 0 Å². The van der Waals surface area contributed by atoms with Crippen molar-refractivity contribution in [1.82, 2.24) is 0 Å². The summed E-state index contributed by atoms with van der Waals surface area (Å²) in [6.07, 6.45) is -0.538. The van der Waals surface area contributed by atoms with Gasteiger partial charge < -0.3 is 15.2 Å². The SMILES string of the molecule is CCOCC(O)CNc1c(Br)cc(Cl)cc1Br. The molecule has 0 saturated carbocycles. The van der Waals surface area contributed by atoms with E-state index in [1.807, 2.05) is 6.92 Å². The second kappa shape index (κ2) is 7.59. The van der Waals surface area contributed by atoms with Crippen molar-refractivity contribution < 1.29 is 9.84 Å². The topological polar surface area (TPSA) is 41.5 Å². The maximum atomic E-state index is 9.63. The van der Waals surface area contributed by atoms with Crippen molar-refractivity contribution in [2.75, 3.05) is 25.1 Å². The molecule has 0 amide bonds. The van der Waals surface area contributed by atoms with Gasteiger partial charge in [0.2, 0.25) is 0 Å². The molecule has 96 valence electrons. The lowest BCUT2D eigenvalue weighted by Crippen LogP contribution is -2.25. The Balaban J connectivity index is 2.57. The Morgan fingerprint density at radius 1 is 1.41 bits per heavy atom. The van der Waals surface area contributed by atoms with E-state index in [9.17, 15) is 5.11 Å². The number of anilines is 1. The van der Waals surface area contributed by atoms with Gasteiger partial charge in [0.25, 0.3) is 0 Å². The van der Waals surface area contributed by atoms with Gasteiger partial charge in [0.1, 0.15) is 0 Å². The molecule has 0 radical (unpaired) electrons. The van der Waals surface area contributed by atoms with Gasteiger partial charge in [-0.25, -0.2) is 0 Å². The first-order valence-electron chi connectivity index (χ1n) is 5.18. The summed E-state index contributed by atoms with van der Waals surface area (Å²) in [5.74, 6) is 0. The van der Waals surface area contributed by atoms with Crippen LogP contribution < -0.4 is 5.32 Å². The number of hydrogen-bond acceptors (Lipinski definition) is 3. The van der Waals surface area contributed by atoms with Crippen LogP contribution in [0.3, 0.4) is 0 Å². The maximum absolute atomic E-state index is 9.63. The minimum absolute atomic E-state index is 0.326. The molecule has 0 aromatic heterocycles. The first-order valence-corrected chi connectivity index (χ1v) is 7.15. The van der Waals surface area contributed by atoms with Gasteiger partial charge in [-0.1, -0.05) is 11.6 Å². The zero-order chi connectivity index (χ0) is 12.8. The van der Waals surface area contributed by atoms with Crippen LogP contribution in [0.15, 0.2) is 21.1 Å². The molecule has 0 heterocycles. The van der Waals surface area contributed by atoms with Crippen molar-refractivity contribution in [2.24, 2.45) is 0 Å². The Morgan fingerprint density at radius 2 is 2.00 bits per heavy atom. The maximum Gasteiger partial charge on any atom is 0.0945 e. The van der Waals surface area contributed by atoms with Crippen molar-refractivity contribution in [3.05, 3.63) is 26.1 Å². The lowest BCUT2D eigenvalue weighted by Gasteiger charge is -2.15. The molecule has 6 heteroatoms. The van der Waals surface area contributed by atoms with Crippen LogP contribution in [0, 0.1) is 0 Å². The van der Waals surface area contributed by atoms with Crippen LogP contribution >= 0.6 is 43.5 Å². The van der Waals surface area contributed by atoms with Gasteiger partial charge in [-0.05, 0) is 50.9 Å². The predicted molar refractivity (Wildman–Crippen MR) is 77.8 cm³/mol.